The molecule has 7 heteroatoms. The highest BCUT2D eigenvalue weighted by Gasteiger charge is 2.24. The van der Waals surface area contributed by atoms with E-state index in [9.17, 15) is 4.79 Å². The number of amides is 1. The van der Waals surface area contributed by atoms with Gasteiger partial charge in [-0.3, -0.25) is 4.79 Å². The monoisotopic (exact) mass is 322 g/mol. The largest absolute Gasteiger partial charge is 0.345 e. The molecule has 0 radical (unpaired) electrons. The lowest BCUT2D eigenvalue weighted by Gasteiger charge is -2.34. The van der Waals surface area contributed by atoms with Gasteiger partial charge in [-0.2, -0.15) is 0 Å². The number of hydrogen-bond acceptors (Lipinski definition) is 6. The quantitative estimate of drug-likeness (QED) is 0.871. The first-order valence-corrected chi connectivity index (χ1v) is 8.78. The van der Waals surface area contributed by atoms with E-state index in [0.29, 0.717) is 0 Å². The van der Waals surface area contributed by atoms with Gasteiger partial charge in [0.05, 0.1) is 16.9 Å². The van der Waals surface area contributed by atoms with E-state index < -0.39 is 0 Å². The molecule has 1 amide bonds. The normalized spacial score (nSPS) is 15.5. The third kappa shape index (κ3) is 3.08. The predicted octanol–water partition coefficient (Wildman–Crippen LogP) is 2.43. The van der Waals surface area contributed by atoms with Crippen LogP contribution in [0.15, 0.2) is 11.6 Å². The summed E-state index contributed by atoms with van der Waals surface area (Å²) < 4.78 is 0. The Morgan fingerprint density at radius 1 is 1.33 bits per heavy atom. The van der Waals surface area contributed by atoms with Crippen molar-refractivity contribution < 1.29 is 4.79 Å². The van der Waals surface area contributed by atoms with E-state index in [4.69, 9.17) is 0 Å². The smallest absolute Gasteiger partial charge is 0.265 e. The van der Waals surface area contributed by atoms with Crippen LogP contribution in [0.25, 0.3) is 0 Å². The zero-order valence-electron chi connectivity index (χ0n) is 12.2. The maximum Gasteiger partial charge on any atom is 0.265 e. The minimum Gasteiger partial charge on any atom is -0.345 e. The average molecular weight is 322 g/mol. The number of anilines is 1. The van der Waals surface area contributed by atoms with Crippen molar-refractivity contribution in [3.8, 4) is 0 Å². The van der Waals surface area contributed by atoms with Crippen LogP contribution in [0.1, 0.15) is 27.3 Å². The third-order valence-electron chi connectivity index (χ3n) is 3.51. The lowest BCUT2D eigenvalue weighted by Crippen LogP contribution is -2.48. The number of thiazole rings is 2. The summed E-state index contributed by atoms with van der Waals surface area (Å²) in [6.45, 7) is 7.25. The van der Waals surface area contributed by atoms with E-state index in [1.54, 1.807) is 17.5 Å². The van der Waals surface area contributed by atoms with Gasteiger partial charge >= 0.3 is 0 Å². The van der Waals surface area contributed by atoms with Gasteiger partial charge in [0, 0.05) is 31.6 Å². The van der Waals surface area contributed by atoms with Gasteiger partial charge in [-0.25, -0.2) is 9.97 Å². The molecule has 0 atom stereocenters. The van der Waals surface area contributed by atoms with E-state index in [-0.39, 0.29) is 5.91 Å². The molecule has 3 rings (SSSR count). The highest BCUT2D eigenvalue weighted by Crippen LogP contribution is 2.22. The Bertz CT molecular complexity index is 628. The zero-order chi connectivity index (χ0) is 14.8. The van der Waals surface area contributed by atoms with Gasteiger partial charge in [-0.15, -0.1) is 22.7 Å². The molecule has 0 saturated carbocycles. The second kappa shape index (κ2) is 6.11. The van der Waals surface area contributed by atoms with Crippen molar-refractivity contribution in [3.05, 3.63) is 27.2 Å². The minimum absolute atomic E-state index is 0.113. The predicted molar refractivity (Wildman–Crippen MR) is 86.5 cm³/mol. The highest BCUT2D eigenvalue weighted by atomic mass is 32.1. The molecule has 2 aromatic heterocycles. The Balaban J connectivity index is 1.61. The van der Waals surface area contributed by atoms with Gasteiger partial charge in [-0.05, 0) is 13.3 Å². The molecular formula is C14H18N4OS2. The van der Waals surface area contributed by atoms with Crippen molar-refractivity contribution in [1.82, 2.24) is 14.9 Å². The van der Waals surface area contributed by atoms with E-state index in [0.717, 1.165) is 53.3 Å². The van der Waals surface area contributed by atoms with Crippen molar-refractivity contribution in [3.63, 3.8) is 0 Å². The van der Waals surface area contributed by atoms with Crippen molar-refractivity contribution >= 4 is 33.7 Å². The van der Waals surface area contributed by atoms with Crippen molar-refractivity contribution in [1.29, 1.82) is 0 Å². The topological polar surface area (TPSA) is 49.3 Å². The number of aromatic nitrogens is 2. The van der Waals surface area contributed by atoms with Gasteiger partial charge in [-0.1, -0.05) is 6.92 Å². The summed E-state index contributed by atoms with van der Waals surface area (Å²) in [6.07, 6.45) is 2.59. The number of carbonyl (C=O) groups excluding carboxylic acids is 1. The van der Waals surface area contributed by atoms with Crippen LogP contribution in [0.5, 0.6) is 0 Å². The van der Waals surface area contributed by atoms with E-state index >= 15 is 0 Å². The standard InChI is InChI=1S/C14H18N4OS2/c1-3-12-15-8-11(21-12)13(19)17-4-6-18(7-5-17)14-16-10(2)9-20-14/h8-9H,3-7H2,1-2H3. The second-order valence-electron chi connectivity index (χ2n) is 5.02. The third-order valence-corrected chi connectivity index (χ3v) is 5.66. The van der Waals surface area contributed by atoms with Crippen LogP contribution < -0.4 is 4.90 Å². The number of carbonyl (C=O) groups is 1. The van der Waals surface area contributed by atoms with Gasteiger partial charge < -0.3 is 9.80 Å². The van der Waals surface area contributed by atoms with Crippen LogP contribution in [0, 0.1) is 6.92 Å². The van der Waals surface area contributed by atoms with Gasteiger partial charge in [0.2, 0.25) is 0 Å². The second-order valence-corrected chi connectivity index (χ2v) is 6.97. The summed E-state index contributed by atoms with van der Waals surface area (Å²) in [4.78, 5) is 26.2. The van der Waals surface area contributed by atoms with Crippen molar-refractivity contribution in [2.45, 2.75) is 20.3 Å². The Kier molecular flexibility index (Phi) is 4.21. The number of nitrogens with zero attached hydrogens (tertiary/aromatic N) is 4. The molecule has 1 aliphatic rings. The van der Waals surface area contributed by atoms with Crippen molar-refractivity contribution in [2.75, 3.05) is 31.1 Å². The molecule has 5 nitrogen and oxygen atoms in total. The summed E-state index contributed by atoms with van der Waals surface area (Å²) in [6, 6.07) is 0. The molecule has 0 bridgehead atoms. The summed E-state index contributed by atoms with van der Waals surface area (Å²) in [7, 11) is 0. The van der Waals surface area contributed by atoms with Crippen LogP contribution in [0.3, 0.4) is 0 Å². The molecule has 2 aromatic rings. The van der Waals surface area contributed by atoms with Gasteiger partial charge in [0.25, 0.3) is 5.91 Å². The summed E-state index contributed by atoms with van der Waals surface area (Å²) in [5, 5.41) is 4.15. The maximum atomic E-state index is 12.4. The maximum absolute atomic E-state index is 12.4. The number of hydrogen-bond donors (Lipinski definition) is 0. The van der Waals surface area contributed by atoms with Gasteiger partial charge in [0.15, 0.2) is 5.13 Å². The van der Waals surface area contributed by atoms with Crippen LogP contribution >= 0.6 is 22.7 Å². The molecule has 0 spiro atoms. The molecule has 112 valence electrons. The molecule has 21 heavy (non-hydrogen) atoms. The fourth-order valence-electron chi connectivity index (χ4n) is 2.32. The Labute approximate surface area is 132 Å². The van der Waals surface area contributed by atoms with Gasteiger partial charge in [0.1, 0.15) is 4.88 Å². The minimum atomic E-state index is 0.113. The van der Waals surface area contributed by atoms with E-state index in [1.807, 2.05) is 11.8 Å². The number of piperazine rings is 1. The lowest BCUT2D eigenvalue weighted by molar-refractivity contribution is 0.0751. The molecule has 1 fully saturated rings. The van der Waals surface area contributed by atoms with Crippen molar-refractivity contribution in [2.24, 2.45) is 0 Å². The first-order chi connectivity index (χ1) is 10.2. The van der Waals surface area contributed by atoms with Crippen LogP contribution in [0.4, 0.5) is 5.13 Å². The highest BCUT2D eigenvalue weighted by molar-refractivity contribution is 7.14. The van der Waals surface area contributed by atoms with E-state index in [1.165, 1.54) is 11.3 Å². The molecule has 1 saturated heterocycles. The Hall–Kier alpha value is -1.47. The van der Waals surface area contributed by atoms with Crippen LogP contribution in [-0.2, 0) is 6.42 Å². The summed E-state index contributed by atoms with van der Waals surface area (Å²) in [5.74, 6) is 0.113. The lowest BCUT2D eigenvalue weighted by atomic mass is 10.3. The molecule has 1 aliphatic heterocycles. The fraction of sp³-hybridized carbons (Fsp3) is 0.500. The summed E-state index contributed by atoms with van der Waals surface area (Å²) >= 11 is 3.18. The Morgan fingerprint density at radius 2 is 2.10 bits per heavy atom. The molecule has 3 heterocycles. The zero-order valence-corrected chi connectivity index (χ0v) is 13.8. The van der Waals surface area contributed by atoms with Crippen LogP contribution in [0.2, 0.25) is 0 Å². The average Bonchev–Trinajstić information content (AvgIpc) is 3.15. The summed E-state index contributed by atoms with van der Waals surface area (Å²) in [5.41, 5.74) is 1.06. The molecule has 0 aromatic carbocycles. The molecule has 0 N–H and O–H groups in total. The first kappa shape index (κ1) is 14.5. The molecule has 0 aliphatic carbocycles. The Morgan fingerprint density at radius 3 is 2.67 bits per heavy atom. The SMILES string of the molecule is CCc1ncc(C(=O)N2CCN(c3nc(C)cs3)CC2)s1. The fourth-order valence-corrected chi connectivity index (χ4v) is 4.00. The van der Waals surface area contributed by atoms with E-state index in [2.05, 4.69) is 27.2 Å². The number of rotatable bonds is 3. The first-order valence-electron chi connectivity index (χ1n) is 7.08. The number of aryl methyl sites for hydroxylation is 2. The van der Waals surface area contributed by atoms with Crippen LogP contribution in [-0.4, -0.2) is 47.0 Å². The molecule has 0 unspecified atom stereocenters. The molecular weight excluding hydrogens is 304 g/mol.